The van der Waals surface area contributed by atoms with E-state index in [1.165, 1.54) is 64.2 Å². The van der Waals surface area contributed by atoms with E-state index >= 15 is 0 Å². The second-order valence-electron chi connectivity index (χ2n) is 7.11. The number of rotatable bonds is 4. The Labute approximate surface area is 123 Å². The Morgan fingerprint density at radius 2 is 1.95 bits per heavy atom. The van der Waals surface area contributed by atoms with Crippen LogP contribution in [0.4, 0.5) is 0 Å². The summed E-state index contributed by atoms with van der Waals surface area (Å²) >= 11 is 0. The van der Waals surface area contributed by atoms with E-state index in [2.05, 4.69) is 12.4 Å². The fourth-order valence-electron chi connectivity index (χ4n) is 4.61. The van der Waals surface area contributed by atoms with Crippen LogP contribution in [0.1, 0.15) is 64.2 Å². The summed E-state index contributed by atoms with van der Waals surface area (Å²) < 4.78 is 12.1. The SMILES string of the molecule is CNC(CC1CCCO1)C1CCOC2(CCCCC2)C1. The maximum Gasteiger partial charge on any atom is 0.0685 e. The van der Waals surface area contributed by atoms with Crippen LogP contribution in [0.15, 0.2) is 0 Å². The third kappa shape index (κ3) is 3.37. The second-order valence-corrected chi connectivity index (χ2v) is 7.11. The van der Waals surface area contributed by atoms with E-state index in [-0.39, 0.29) is 5.60 Å². The molecule has 3 rings (SSSR count). The van der Waals surface area contributed by atoms with Gasteiger partial charge in [-0.15, -0.1) is 0 Å². The Bertz CT molecular complexity index is 290. The van der Waals surface area contributed by atoms with Crippen LogP contribution >= 0.6 is 0 Å². The van der Waals surface area contributed by atoms with Crippen molar-refractivity contribution in [1.82, 2.24) is 5.32 Å². The molecule has 0 aromatic heterocycles. The van der Waals surface area contributed by atoms with Gasteiger partial charge in [-0.1, -0.05) is 19.3 Å². The van der Waals surface area contributed by atoms with Crippen LogP contribution in [0.5, 0.6) is 0 Å². The van der Waals surface area contributed by atoms with Gasteiger partial charge in [-0.3, -0.25) is 0 Å². The molecule has 1 saturated carbocycles. The van der Waals surface area contributed by atoms with Crippen molar-refractivity contribution in [2.24, 2.45) is 5.92 Å². The molecule has 2 aliphatic heterocycles. The molecule has 20 heavy (non-hydrogen) atoms. The molecule has 3 atom stereocenters. The topological polar surface area (TPSA) is 30.5 Å². The van der Waals surface area contributed by atoms with E-state index in [0.717, 1.165) is 19.1 Å². The molecule has 116 valence electrons. The molecule has 1 spiro atoms. The summed E-state index contributed by atoms with van der Waals surface area (Å²) in [7, 11) is 2.13. The predicted octanol–water partition coefficient (Wildman–Crippen LogP) is 3.27. The molecule has 3 aliphatic rings. The highest BCUT2D eigenvalue weighted by Crippen LogP contribution is 2.42. The van der Waals surface area contributed by atoms with Crippen LogP contribution in [0.25, 0.3) is 0 Å². The molecule has 3 unspecified atom stereocenters. The molecular formula is C17H31NO2. The Kier molecular flexibility index (Phi) is 5.00. The van der Waals surface area contributed by atoms with E-state index in [9.17, 15) is 0 Å². The number of hydrogen-bond donors (Lipinski definition) is 1. The summed E-state index contributed by atoms with van der Waals surface area (Å²) in [5.41, 5.74) is 0.229. The van der Waals surface area contributed by atoms with Crippen LogP contribution in [-0.2, 0) is 9.47 Å². The quantitative estimate of drug-likeness (QED) is 0.858. The zero-order chi connectivity index (χ0) is 13.8. The van der Waals surface area contributed by atoms with Crippen molar-refractivity contribution in [2.75, 3.05) is 20.3 Å². The van der Waals surface area contributed by atoms with E-state index in [1.54, 1.807) is 0 Å². The van der Waals surface area contributed by atoms with Gasteiger partial charge in [-0.2, -0.15) is 0 Å². The van der Waals surface area contributed by atoms with Crippen LogP contribution in [0.3, 0.4) is 0 Å². The zero-order valence-corrected chi connectivity index (χ0v) is 13.0. The lowest BCUT2D eigenvalue weighted by Gasteiger charge is -2.45. The fraction of sp³-hybridized carbons (Fsp3) is 1.00. The maximum absolute atomic E-state index is 6.24. The first-order chi connectivity index (χ1) is 9.81. The number of nitrogens with one attached hydrogen (secondary N) is 1. The molecule has 2 heterocycles. The fourth-order valence-corrected chi connectivity index (χ4v) is 4.61. The Balaban J connectivity index is 1.58. The standard InChI is InChI=1S/C17H31NO2/c1-18-16(12-15-6-5-10-19-15)14-7-11-20-17(13-14)8-3-2-4-9-17/h14-16,18H,2-13H2,1H3. The first-order valence-electron chi connectivity index (χ1n) is 8.74. The summed E-state index contributed by atoms with van der Waals surface area (Å²) in [4.78, 5) is 0. The summed E-state index contributed by atoms with van der Waals surface area (Å²) in [5, 5.41) is 3.59. The molecule has 1 N–H and O–H groups in total. The molecule has 1 aliphatic carbocycles. The van der Waals surface area contributed by atoms with Crippen molar-refractivity contribution in [3.05, 3.63) is 0 Å². The van der Waals surface area contributed by atoms with Gasteiger partial charge < -0.3 is 14.8 Å². The summed E-state index contributed by atoms with van der Waals surface area (Å²) in [6.45, 7) is 1.94. The summed E-state index contributed by atoms with van der Waals surface area (Å²) in [6.07, 6.45) is 13.4. The lowest BCUT2D eigenvalue weighted by molar-refractivity contribution is -0.123. The molecule has 3 fully saturated rings. The molecule has 2 saturated heterocycles. The minimum absolute atomic E-state index is 0.229. The largest absolute Gasteiger partial charge is 0.378 e. The highest BCUT2D eigenvalue weighted by Gasteiger charge is 2.41. The molecule has 0 amide bonds. The van der Waals surface area contributed by atoms with Gasteiger partial charge in [0.2, 0.25) is 0 Å². The maximum atomic E-state index is 6.24. The van der Waals surface area contributed by atoms with Crippen molar-refractivity contribution in [3.63, 3.8) is 0 Å². The lowest BCUT2D eigenvalue weighted by Crippen LogP contribution is -2.47. The second kappa shape index (κ2) is 6.76. The molecular weight excluding hydrogens is 250 g/mol. The zero-order valence-electron chi connectivity index (χ0n) is 13.0. The van der Waals surface area contributed by atoms with Gasteiger partial charge in [-0.25, -0.2) is 0 Å². The van der Waals surface area contributed by atoms with Gasteiger partial charge in [0.25, 0.3) is 0 Å². The van der Waals surface area contributed by atoms with Crippen molar-refractivity contribution >= 4 is 0 Å². The van der Waals surface area contributed by atoms with Crippen molar-refractivity contribution < 1.29 is 9.47 Å². The first-order valence-corrected chi connectivity index (χ1v) is 8.74. The highest BCUT2D eigenvalue weighted by atomic mass is 16.5. The van der Waals surface area contributed by atoms with E-state index < -0.39 is 0 Å². The molecule has 0 aromatic carbocycles. The average molecular weight is 281 g/mol. The van der Waals surface area contributed by atoms with Crippen molar-refractivity contribution in [2.45, 2.75) is 82.0 Å². The van der Waals surface area contributed by atoms with Crippen LogP contribution in [0, 0.1) is 5.92 Å². The van der Waals surface area contributed by atoms with Gasteiger partial charge in [0, 0.05) is 19.3 Å². The van der Waals surface area contributed by atoms with Gasteiger partial charge >= 0.3 is 0 Å². The molecule has 0 aromatic rings. The monoisotopic (exact) mass is 281 g/mol. The van der Waals surface area contributed by atoms with Gasteiger partial charge in [0.15, 0.2) is 0 Å². The number of ether oxygens (including phenoxy) is 2. The summed E-state index contributed by atoms with van der Waals surface area (Å²) in [6, 6.07) is 0.612. The average Bonchev–Trinajstić information content (AvgIpc) is 2.98. The normalized spacial score (nSPS) is 35.2. The van der Waals surface area contributed by atoms with E-state index in [4.69, 9.17) is 9.47 Å². The van der Waals surface area contributed by atoms with Gasteiger partial charge in [0.1, 0.15) is 0 Å². The van der Waals surface area contributed by atoms with Gasteiger partial charge in [0.05, 0.1) is 11.7 Å². The minimum Gasteiger partial charge on any atom is -0.378 e. The Morgan fingerprint density at radius 1 is 1.10 bits per heavy atom. The Hall–Kier alpha value is -0.120. The van der Waals surface area contributed by atoms with Crippen LogP contribution in [0.2, 0.25) is 0 Å². The lowest BCUT2D eigenvalue weighted by atomic mass is 9.73. The number of hydrogen-bond acceptors (Lipinski definition) is 3. The van der Waals surface area contributed by atoms with Gasteiger partial charge in [-0.05, 0) is 57.9 Å². The summed E-state index contributed by atoms with van der Waals surface area (Å²) in [5.74, 6) is 0.774. The van der Waals surface area contributed by atoms with Crippen LogP contribution in [-0.4, -0.2) is 38.0 Å². The Morgan fingerprint density at radius 3 is 2.65 bits per heavy atom. The van der Waals surface area contributed by atoms with Crippen LogP contribution < -0.4 is 5.32 Å². The van der Waals surface area contributed by atoms with Crippen molar-refractivity contribution in [1.29, 1.82) is 0 Å². The highest BCUT2D eigenvalue weighted by molar-refractivity contribution is 4.93. The minimum atomic E-state index is 0.229. The third-order valence-electron chi connectivity index (χ3n) is 5.78. The molecule has 3 heteroatoms. The van der Waals surface area contributed by atoms with E-state index in [1.807, 2.05) is 0 Å². The van der Waals surface area contributed by atoms with Crippen molar-refractivity contribution in [3.8, 4) is 0 Å². The first kappa shape index (κ1) is 14.8. The smallest absolute Gasteiger partial charge is 0.0685 e. The predicted molar refractivity (Wildman–Crippen MR) is 80.9 cm³/mol. The molecule has 0 radical (unpaired) electrons. The molecule has 0 bridgehead atoms. The molecule has 3 nitrogen and oxygen atoms in total. The third-order valence-corrected chi connectivity index (χ3v) is 5.78. The van der Waals surface area contributed by atoms with E-state index in [0.29, 0.717) is 12.1 Å².